The number of carbonyl (C=O) groups is 1. The Balaban J connectivity index is 1.48. The summed E-state index contributed by atoms with van der Waals surface area (Å²) in [5.41, 5.74) is 3.36. The van der Waals surface area contributed by atoms with E-state index in [0.717, 1.165) is 29.5 Å². The maximum Gasteiger partial charge on any atom is 0.257 e. The fourth-order valence-electron chi connectivity index (χ4n) is 4.44. The summed E-state index contributed by atoms with van der Waals surface area (Å²) in [6, 6.07) is 13.4. The van der Waals surface area contributed by atoms with Crippen LogP contribution in [0.5, 0.6) is 0 Å². The zero-order valence-electron chi connectivity index (χ0n) is 18.6. The van der Waals surface area contributed by atoms with Gasteiger partial charge in [-0.25, -0.2) is 17.2 Å². The molecule has 4 rings (SSSR count). The second kappa shape index (κ2) is 9.42. The molecule has 0 N–H and O–H groups in total. The highest BCUT2D eigenvalue weighted by Crippen LogP contribution is 2.31. The molecule has 0 radical (unpaired) electrons. The van der Waals surface area contributed by atoms with Gasteiger partial charge in [0, 0.05) is 32.4 Å². The van der Waals surface area contributed by atoms with Crippen molar-refractivity contribution < 1.29 is 13.2 Å². The largest absolute Gasteiger partial charge is 0.339 e. The highest BCUT2D eigenvalue weighted by atomic mass is 32.2. The Morgan fingerprint density at radius 3 is 2.44 bits per heavy atom. The van der Waals surface area contributed by atoms with E-state index in [0.29, 0.717) is 31.7 Å². The number of amides is 1. The Kier molecular flexibility index (Phi) is 6.62. The molecule has 0 spiro atoms. The molecule has 1 amide bonds. The van der Waals surface area contributed by atoms with Crippen LogP contribution in [0.3, 0.4) is 0 Å². The van der Waals surface area contributed by atoms with Gasteiger partial charge in [0.25, 0.3) is 5.91 Å². The number of rotatable bonds is 7. The summed E-state index contributed by atoms with van der Waals surface area (Å²) in [5, 5.41) is 4.34. The predicted molar refractivity (Wildman–Crippen MR) is 125 cm³/mol. The lowest BCUT2D eigenvalue weighted by atomic mass is 9.90. The number of aromatic nitrogens is 2. The van der Waals surface area contributed by atoms with E-state index in [1.54, 1.807) is 19.9 Å². The Labute approximate surface area is 189 Å². The summed E-state index contributed by atoms with van der Waals surface area (Å²) in [7, 11) is -3.33. The lowest BCUT2D eigenvalue weighted by molar-refractivity contribution is 0.0775. The minimum atomic E-state index is -3.33. The summed E-state index contributed by atoms with van der Waals surface area (Å²) in [4.78, 5) is 14.7. The summed E-state index contributed by atoms with van der Waals surface area (Å²) in [5.74, 6) is 0.287. The first kappa shape index (κ1) is 22.5. The number of piperidine rings is 1. The van der Waals surface area contributed by atoms with Gasteiger partial charge in [-0.1, -0.05) is 30.3 Å². The third-order valence-electron chi connectivity index (χ3n) is 6.34. The Morgan fingerprint density at radius 1 is 1.09 bits per heavy atom. The van der Waals surface area contributed by atoms with Crippen molar-refractivity contribution in [3.05, 3.63) is 71.5 Å². The van der Waals surface area contributed by atoms with Crippen molar-refractivity contribution in [3.63, 3.8) is 0 Å². The summed E-state index contributed by atoms with van der Waals surface area (Å²) in [6.45, 7) is 6.27. The number of fused-ring (bicyclic) bond motifs is 1. The van der Waals surface area contributed by atoms with Crippen molar-refractivity contribution >= 4 is 21.4 Å². The maximum atomic E-state index is 12.9. The topological polar surface area (TPSA) is 75.0 Å². The number of benzene rings is 1. The van der Waals surface area contributed by atoms with Crippen LogP contribution in [0, 0.1) is 0 Å². The second-order valence-corrected chi connectivity index (χ2v) is 10.2. The highest BCUT2D eigenvalue weighted by Gasteiger charge is 2.29. The lowest BCUT2D eigenvalue weighted by Gasteiger charge is -2.31. The summed E-state index contributed by atoms with van der Waals surface area (Å²) < 4.78 is 29.1. The van der Waals surface area contributed by atoms with E-state index in [1.807, 2.05) is 62.5 Å². The highest BCUT2D eigenvalue weighted by molar-refractivity contribution is 7.88. The molecule has 170 valence electrons. The van der Waals surface area contributed by atoms with Crippen LogP contribution in [0.1, 0.15) is 54.1 Å². The van der Waals surface area contributed by atoms with Gasteiger partial charge in [-0.15, -0.1) is 0 Å². The molecule has 8 heteroatoms. The lowest BCUT2D eigenvalue weighted by Crippen LogP contribution is -2.38. The molecule has 0 unspecified atom stereocenters. The molecule has 1 aliphatic heterocycles. The third kappa shape index (κ3) is 4.56. The van der Waals surface area contributed by atoms with Gasteiger partial charge in [-0.05, 0) is 55.9 Å². The molecule has 0 bridgehead atoms. The molecule has 32 heavy (non-hydrogen) atoms. The third-order valence-corrected chi connectivity index (χ3v) is 8.19. The normalized spacial score (nSPS) is 15.8. The molecule has 0 saturated carbocycles. The average molecular weight is 455 g/mol. The van der Waals surface area contributed by atoms with Crippen LogP contribution in [0.25, 0.3) is 5.52 Å². The van der Waals surface area contributed by atoms with Gasteiger partial charge < -0.3 is 4.90 Å². The molecular formula is C24H30N4O3S. The molecule has 2 aromatic heterocycles. The zero-order chi connectivity index (χ0) is 22.7. The number of hydrogen-bond acceptors (Lipinski definition) is 4. The van der Waals surface area contributed by atoms with Gasteiger partial charge in [-0.3, -0.25) is 4.79 Å². The predicted octanol–water partition coefficient (Wildman–Crippen LogP) is 3.53. The van der Waals surface area contributed by atoms with Gasteiger partial charge in [0.15, 0.2) is 0 Å². The zero-order valence-corrected chi connectivity index (χ0v) is 19.5. The van der Waals surface area contributed by atoms with E-state index in [4.69, 9.17) is 0 Å². The van der Waals surface area contributed by atoms with Crippen molar-refractivity contribution in [1.29, 1.82) is 0 Å². The smallest absolute Gasteiger partial charge is 0.257 e. The number of pyridine rings is 1. The first-order valence-corrected chi connectivity index (χ1v) is 12.8. The van der Waals surface area contributed by atoms with E-state index in [9.17, 15) is 13.2 Å². The number of sulfonamides is 1. The van der Waals surface area contributed by atoms with Gasteiger partial charge in [0.05, 0.1) is 23.0 Å². The molecule has 1 fully saturated rings. The van der Waals surface area contributed by atoms with Gasteiger partial charge in [0.2, 0.25) is 10.0 Å². The maximum absolute atomic E-state index is 12.9. The van der Waals surface area contributed by atoms with Crippen LogP contribution in [0.15, 0.2) is 54.9 Å². The number of hydrogen-bond donors (Lipinski definition) is 0. The first-order chi connectivity index (χ1) is 15.4. The van der Waals surface area contributed by atoms with Crippen LogP contribution in [-0.2, 0) is 15.8 Å². The van der Waals surface area contributed by atoms with E-state index >= 15 is 0 Å². The van der Waals surface area contributed by atoms with Gasteiger partial charge in [0.1, 0.15) is 0 Å². The Bertz CT molecular complexity index is 1180. The van der Waals surface area contributed by atoms with Crippen molar-refractivity contribution in [2.24, 2.45) is 0 Å². The fraction of sp³-hybridized carbons (Fsp3) is 0.417. The van der Waals surface area contributed by atoms with Crippen molar-refractivity contribution in [2.75, 3.05) is 26.2 Å². The first-order valence-electron chi connectivity index (χ1n) is 11.2. The number of nitrogens with zero attached hydrogens (tertiary/aromatic N) is 4. The van der Waals surface area contributed by atoms with Crippen LogP contribution < -0.4 is 0 Å². The molecule has 1 aromatic carbocycles. The molecule has 7 nitrogen and oxygen atoms in total. The molecular weight excluding hydrogens is 424 g/mol. The quantitative estimate of drug-likeness (QED) is 0.547. The molecule has 0 aliphatic carbocycles. The van der Waals surface area contributed by atoms with Crippen LogP contribution in [0.4, 0.5) is 0 Å². The molecule has 1 saturated heterocycles. The van der Waals surface area contributed by atoms with Crippen LogP contribution in [0.2, 0.25) is 0 Å². The van der Waals surface area contributed by atoms with Gasteiger partial charge in [-0.2, -0.15) is 5.10 Å². The van der Waals surface area contributed by atoms with E-state index in [1.165, 1.54) is 0 Å². The summed E-state index contributed by atoms with van der Waals surface area (Å²) in [6.07, 6.45) is 5.05. The van der Waals surface area contributed by atoms with E-state index in [-0.39, 0.29) is 17.6 Å². The number of carbonyl (C=O) groups excluding carboxylic acids is 1. The Morgan fingerprint density at radius 2 is 1.78 bits per heavy atom. The van der Waals surface area contributed by atoms with Crippen LogP contribution in [-0.4, -0.2) is 59.3 Å². The second-order valence-electron chi connectivity index (χ2n) is 8.24. The van der Waals surface area contributed by atoms with Crippen molar-refractivity contribution in [2.45, 2.75) is 38.4 Å². The van der Waals surface area contributed by atoms with E-state index in [2.05, 4.69) is 5.10 Å². The average Bonchev–Trinajstić information content (AvgIpc) is 3.23. The molecule has 3 aromatic rings. The van der Waals surface area contributed by atoms with Crippen LogP contribution >= 0.6 is 0 Å². The minimum Gasteiger partial charge on any atom is -0.339 e. The minimum absolute atomic E-state index is 0.0102. The van der Waals surface area contributed by atoms with Crippen molar-refractivity contribution in [1.82, 2.24) is 18.8 Å². The Hall–Kier alpha value is -2.71. The molecule has 1 aliphatic rings. The SMILES string of the molecule is CCN(CC)C(=O)c1cnn2ccc(C3CCN(S(=O)(=O)Cc4ccccc4)CC3)cc12. The monoisotopic (exact) mass is 454 g/mol. The fourth-order valence-corrected chi connectivity index (χ4v) is 6.00. The summed E-state index contributed by atoms with van der Waals surface area (Å²) >= 11 is 0. The van der Waals surface area contributed by atoms with Crippen molar-refractivity contribution in [3.8, 4) is 0 Å². The van der Waals surface area contributed by atoms with Gasteiger partial charge >= 0.3 is 0 Å². The standard InChI is InChI=1S/C24H30N4O3S/c1-3-26(4-2)24(29)22-17-25-28-15-12-21(16-23(22)28)20-10-13-27(14-11-20)32(30,31)18-19-8-6-5-7-9-19/h5-9,12,15-17,20H,3-4,10-11,13-14,18H2,1-2H3. The van der Waals surface area contributed by atoms with E-state index < -0.39 is 10.0 Å². The molecule has 3 heterocycles. The molecule has 0 atom stereocenters.